The minimum absolute atomic E-state index is 0.136. The minimum Gasteiger partial charge on any atom is -0.385 e. The molecule has 0 amide bonds. The number of hydrogen-bond acceptors (Lipinski definition) is 4. The van der Waals surface area contributed by atoms with Crippen LogP contribution in [0.25, 0.3) is 0 Å². The maximum Gasteiger partial charge on any atom is 0.240 e. The van der Waals surface area contributed by atoms with Gasteiger partial charge in [-0.05, 0) is 62.4 Å². The summed E-state index contributed by atoms with van der Waals surface area (Å²) in [5, 5.41) is 3.30. The molecule has 1 fully saturated rings. The van der Waals surface area contributed by atoms with Crippen LogP contribution in [0.4, 0.5) is 5.69 Å². The van der Waals surface area contributed by atoms with Crippen LogP contribution in [-0.2, 0) is 10.0 Å². The van der Waals surface area contributed by atoms with Crippen LogP contribution in [0, 0.1) is 5.92 Å². The van der Waals surface area contributed by atoms with E-state index in [1.165, 1.54) is 0 Å². The van der Waals surface area contributed by atoms with Crippen LogP contribution in [0.2, 0.25) is 0 Å². The van der Waals surface area contributed by atoms with Gasteiger partial charge in [-0.25, -0.2) is 13.1 Å². The van der Waals surface area contributed by atoms with Crippen molar-refractivity contribution >= 4 is 15.7 Å². The Morgan fingerprint density at radius 3 is 2.52 bits per heavy atom. The van der Waals surface area contributed by atoms with Gasteiger partial charge in [0.05, 0.1) is 4.90 Å². The van der Waals surface area contributed by atoms with E-state index in [1.54, 1.807) is 12.1 Å². The number of nitrogens with one attached hydrogen (secondary N) is 2. The van der Waals surface area contributed by atoms with E-state index in [9.17, 15) is 8.42 Å². The predicted octanol–water partition coefficient (Wildman–Crippen LogP) is 1.91. The Balaban J connectivity index is 1.81. The smallest absolute Gasteiger partial charge is 0.240 e. The Bertz CT molecular complexity index is 539. The zero-order valence-corrected chi connectivity index (χ0v) is 13.3. The third-order valence-corrected chi connectivity index (χ3v) is 5.21. The summed E-state index contributed by atoms with van der Waals surface area (Å²) in [6.45, 7) is 3.74. The van der Waals surface area contributed by atoms with E-state index in [4.69, 9.17) is 5.73 Å². The number of nitrogens with two attached hydrogens (primary N) is 1. The largest absolute Gasteiger partial charge is 0.385 e. The molecule has 1 atom stereocenters. The highest BCUT2D eigenvalue weighted by atomic mass is 32.2. The quantitative estimate of drug-likeness (QED) is 0.608. The molecule has 1 unspecified atom stereocenters. The van der Waals surface area contributed by atoms with Gasteiger partial charge in [0.2, 0.25) is 10.0 Å². The monoisotopic (exact) mass is 311 g/mol. The van der Waals surface area contributed by atoms with Gasteiger partial charge in [-0.2, -0.15) is 0 Å². The molecule has 0 bridgehead atoms. The summed E-state index contributed by atoms with van der Waals surface area (Å²) < 4.78 is 26.7. The van der Waals surface area contributed by atoms with Crippen molar-refractivity contribution in [3.05, 3.63) is 24.3 Å². The topological polar surface area (TPSA) is 84.2 Å². The van der Waals surface area contributed by atoms with Crippen molar-refractivity contribution in [1.29, 1.82) is 0 Å². The summed E-state index contributed by atoms with van der Waals surface area (Å²) in [7, 11) is -3.35. The fourth-order valence-electron chi connectivity index (χ4n) is 2.04. The summed E-state index contributed by atoms with van der Waals surface area (Å²) in [6.07, 6.45) is 4.04. The molecule has 0 radical (unpaired) electrons. The third-order valence-electron chi connectivity index (χ3n) is 3.67. The van der Waals surface area contributed by atoms with E-state index >= 15 is 0 Å². The first kappa shape index (κ1) is 16.3. The summed E-state index contributed by atoms with van der Waals surface area (Å²) in [5.74, 6) is 0.549. The maximum atomic E-state index is 12.0. The molecule has 1 aromatic carbocycles. The molecule has 1 saturated carbocycles. The highest BCUT2D eigenvalue weighted by Gasteiger charge is 2.27. The van der Waals surface area contributed by atoms with E-state index < -0.39 is 10.0 Å². The second-order valence-electron chi connectivity index (χ2n) is 5.83. The Morgan fingerprint density at radius 1 is 1.29 bits per heavy atom. The normalized spacial score (nSPS) is 16.7. The minimum atomic E-state index is -3.35. The molecule has 0 aromatic heterocycles. The standard InChI is InChI=1S/C15H25N3O2S/c1-12(11-16)3-2-10-17-13-6-8-15(9-7-13)21(19,20)18-14-4-5-14/h6-9,12,14,17-18H,2-5,10-11,16H2,1H3. The molecule has 5 nitrogen and oxygen atoms in total. The average Bonchev–Trinajstić information content (AvgIpc) is 3.27. The number of anilines is 1. The van der Waals surface area contributed by atoms with Gasteiger partial charge in [0.25, 0.3) is 0 Å². The number of hydrogen-bond donors (Lipinski definition) is 3. The number of rotatable bonds is 9. The van der Waals surface area contributed by atoms with Gasteiger partial charge in [0.15, 0.2) is 0 Å². The summed E-state index contributed by atoms with van der Waals surface area (Å²) in [5.41, 5.74) is 6.52. The SMILES string of the molecule is CC(CN)CCCNc1ccc(S(=O)(=O)NC2CC2)cc1. The first-order valence-electron chi connectivity index (χ1n) is 7.57. The first-order valence-corrected chi connectivity index (χ1v) is 9.06. The molecule has 4 N–H and O–H groups in total. The van der Waals surface area contributed by atoms with Gasteiger partial charge in [-0.3, -0.25) is 0 Å². The second kappa shape index (κ2) is 7.24. The Morgan fingerprint density at radius 2 is 1.95 bits per heavy atom. The van der Waals surface area contributed by atoms with Crippen LogP contribution in [0.1, 0.15) is 32.6 Å². The van der Waals surface area contributed by atoms with E-state index in [0.29, 0.717) is 10.8 Å². The van der Waals surface area contributed by atoms with E-state index in [0.717, 1.165) is 44.5 Å². The van der Waals surface area contributed by atoms with Gasteiger partial charge in [-0.1, -0.05) is 6.92 Å². The average molecular weight is 311 g/mol. The summed E-state index contributed by atoms with van der Waals surface area (Å²) in [6, 6.07) is 7.06. The molecule has 21 heavy (non-hydrogen) atoms. The van der Waals surface area contributed by atoms with E-state index in [-0.39, 0.29) is 6.04 Å². The molecule has 1 aliphatic carbocycles. The van der Waals surface area contributed by atoms with Gasteiger partial charge < -0.3 is 11.1 Å². The Hall–Kier alpha value is -1.11. The lowest BCUT2D eigenvalue weighted by molar-refractivity contribution is 0.529. The molecule has 0 heterocycles. The molecule has 0 saturated heterocycles. The van der Waals surface area contributed by atoms with Crippen molar-refractivity contribution in [2.24, 2.45) is 11.7 Å². The molecule has 118 valence electrons. The van der Waals surface area contributed by atoms with Crippen molar-refractivity contribution in [1.82, 2.24) is 4.72 Å². The summed E-state index contributed by atoms with van der Waals surface area (Å²) in [4.78, 5) is 0.330. The molecule has 0 aliphatic heterocycles. The lowest BCUT2D eigenvalue weighted by Crippen LogP contribution is -2.25. The van der Waals surface area contributed by atoms with Crippen LogP contribution in [-0.4, -0.2) is 27.5 Å². The predicted molar refractivity (Wildman–Crippen MR) is 85.7 cm³/mol. The highest BCUT2D eigenvalue weighted by molar-refractivity contribution is 7.89. The van der Waals surface area contributed by atoms with Crippen molar-refractivity contribution in [2.45, 2.75) is 43.5 Å². The van der Waals surface area contributed by atoms with Crippen LogP contribution in [0.3, 0.4) is 0 Å². The summed E-state index contributed by atoms with van der Waals surface area (Å²) >= 11 is 0. The van der Waals surface area contributed by atoms with Crippen molar-refractivity contribution < 1.29 is 8.42 Å². The number of benzene rings is 1. The van der Waals surface area contributed by atoms with Crippen molar-refractivity contribution in [3.8, 4) is 0 Å². The highest BCUT2D eigenvalue weighted by Crippen LogP contribution is 2.22. The molecule has 0 spiro atoms. The molecule has 6 heteroatoms. The lowest BCUT2D eigenvalue weighted by Gasteiger charge is -2.10. The number of sulfonamides is 1. The zero-order chi connectivity index (χ0) is 15.3. The zero-order valence-electron chi connectivity index (χ0n) is 12.5. The van der Waals surface area contributed by atoms with E-state index in [2.05, 4.69) is 17.0 Å². The van der Waals surface area contributed by atoms with E-state index in [1.807, 2.05) is 12.1 Å². The van der Waals surface area contributed by atoms with Crippen molar-refractivity contribution in [2.75, 3.05) is 18.4 Å². The van der Waals surface area contributed by atoms with Crippen LogP contribution < -0.4 is 15.8 Å². The second-order valence-corrected chi connectivity index (χ2v) is 7.54. The first-order chi connectivity index (χ1) is 10.0. The van der Waals surface area contributed by atoms with Crippen molar-refractivity contribution in [3.63, 3.8) is 0 Å². The fourth-order valence-corrected chi connectivity index (χ4v) is 3.35. The third kappa shape index (κ3) is 5.30. The van der Waals surface area contributed by atoms with Gasteiger partial charge in [-0.15, -0.1) is 0 Å². The Kier molecular flexibility index (Phi) is 5.61. The van der Waals surface area contributed by atoms with Crippen LogP contribution >= 0.6 is 0 Å². The Labute approximate surface area is 127 Å². The fraction of sp³-hybridized carbons (Fsp3) is 0.600. The molecule has 2 rings (SSSR count). The maximum absolute atomic E-state index is 12.0. The molecular formula is C15H25N3O2S. The molecular weight excluding hydrogens is 286 g/mol. The molecule has 1 aromatic rings. The lowest BCUT2D eigenvalue weighted by atomic mass is 10.1. The van der Waals surface area contributed by atoms with Gasteiger partial charge in [0.1, 0.15) is 0 Å². The van der Waals surface area contributed by atoms with Gasteiger partial charge >= 0.3 is 0 Å². The molecule has 1 aliphatic rings. The van der Waals surface area contributed by atoms with Crippen LogP contribution in [0.15, 0.2) is 29.2 Å². The van der Waals surface area contributed by atoms with Crippen LogP contribution in [0.5, 0.6) is 0 Å². The van der Waals surface area contributed by atoms with Gasteiger partial charge in [0, 0.05) is 18.3 Å².